The highest BCUT2D eigenvalue weighted by molar-refractivity contribution is 7.66. The van der Waals surface area contributed by atoms with Gasteiger partial charge in [0.2, 0.25) is 5.95 Å². The van der Waals surface area contributed by atoms with Crippen molar-refractivity contribution in [1.82, 2.24) is 25.0 Å². The SMILES string of the molecule is CC(=O)OC[C@H]1[C@@H](OC(C)=O)[C@H](n2nnc3c(=O)[nH]c(N)nc32)O[C@@H]1COP(=O)(O)OP(=O)(O)OP(=O)(O)O. The van der Waals surface area contributed by atoms with Crippen molar-refractivity contribution in [1.29, 1.82) is 0 Å². The van der Waals surface area contributed by atoms with E-state index < -0.39 is 78.5 Å². The van der Waals surface area contributed by atoms with E-state index in [2.05, 4.69) is 33.4 Å². The van der Waals surface area contributed by atoms with Gasteiger partial charge in [-0.05, 0) is 0 Å². The fourth-order valence-corrected chi connectivity index (χ4v) is 6.42. The molecule has 22 nitrogen and oxygen atoms in total. The third-order valence-corrected chi connectivity index (χ3v) is 8.49. The highest BCUT2D eigenvalue weighted by Crippen LogP contribution is 2.66. The molecular weight excluding hydrogens is 601 g/mol. The Morgan fingerprint density at radius 1 is 1.08 bits per heavy atom. The molecule has 1 aliphatic rings. The number of H-pyrrole nitrogens is 1. The van der Waals surface area contributed by atoms with Crippen molar-refractivity contribution >= 4 is 52.5 Å². The van der Waals surface area contributed by atoms with E-state index in [-0.39, 0.29) is 17.1 Å². The Labute approximate surface area is 215 Å². The summed E-state index contributed by atoms with van der Waals surface area (Å²) in [5, 5.41) is 7.44. The lowest BCUT2D eigenvalue weighted by Gasteiger charge is -2.23. The van der Waals surface area contributed by atoms with Crippen LogP contribution in [0.1, 0.15) is 20.1 Å². The van der Waals surface area contributed by atoms with Crippen molar-refractivity contribution in [3.8, 4) is 0 Å². The number of phosphoric ester groups is 1. The van der Waals surface area contributed by atoms with E-state index in [4.69, 9.17) is 29.7 Å². The van der Waals surface area contributed by atoms with Gasteiger partial charge in [0.15, 0.2) is 23.5 Å². The highest BCUT2D eigenvalue weighted by Gasteiger charge is 2.51. The molecule has 218 valence electrons. The molecule has 0 spiro atoms. The van der Waals surface area contributed by atoms with Gasteiger partial charge in [-0.3, -0.25) is 23.9 Å². The van der Waals surface area contributed by atoms with Crippen LogP contribution in [0, 0.1) is 5.92 Å². The number of ether oxygens (including phenoxy) is 3. The summed E-state index contributed by atoms with van der Waals surface area (Å²) in [6, 6.07) is 0. The van der Waals surface area contributed by atoms with Gasteiger partial charge in [-0.25, -0.2) is 13.7 Å². The van der Waals surface area contributed by atoms with E-state index in [0.29, 0.717) is 0 Å². The summed E-state index contributed by atoms with van der Waals surface area (Å²) in [6.07, 6.45) is -4.28. The highest BCUT2D eigenvalue weighted by atomic mass is 31.3. The van der Waals surface area contributed by atoms with E-state index in [1.807, 2.05) is 0 Å². The number of aromatic amines is 1. The summed E-state index contributed by atoms with van der Waals surface area (Å²) >= 11 is 0. The third kappa shape index (κ3) is 8.19. The molecule has 0 aliphatic carbocycles. The molecule has 2 aromatic heterocycles. The maximum Gasteiger partial charge on any atom is 0.490 e. The van der Waals surface area contributed by atoms with Gasteiger partial charge in [0.05, 0.1) is 18.6 Å². The first-order valence-electron chi connectivity index (χ1n) is 10.2. The van der Waals surface area contributed by atoms with Crippen LogP contribution in [-0.2, 0) is 50.6 Å². The number of fused-ring (bicyclic) bond motifs is 1. The topological polar surface area (TPSA) is 324 Å². The average Bonchev–Trinajstić information content (AvgIpc) is 3.29. The molecular formula is C14H21N6O16P3. The number of nitrogens with zero attached hydrogens (tertiary/aromatic N) is 4. The van der Waals surface area contributed by atoms with Gasteiger partial charge in [0.25, 0.3) is 5.56 Å². The third-order valence-electron chi connectivity index (χ3n) is 4.69. The number of nitrogens with two attached hydrogens (primary N) is 1. The van der Waals surface area contributed by atoms with Crippen molar-refractivity contribution in [2.24, 2.45) is 5.92 Å². The summed E-state index contributed by atoms with van der Waals surface area (Å²) in [5.41, 5.74) is 4.29. The molecule has 0 radical (unpaired) electrons. The Bertz CT molecular complexity index is 1450. The summed E-state index contributed by atoms with van der Waals surface area (Å²) < 4.78 is 63.4. The number of aromatic nitrogens is 5. The molecule has 1 saturated heterocycles. The molecule has 2 aromatic rings. The summed E-state index contributed by atoms with van der Waals surface area (Å²) in [4.78, 5) is 78.0. The number of phosphoric acid groups is 3. The Balaban J connectivity index is 1.93. The molecule has 1 fully saturated rings. The summed E-state index contributed by atoms with van der Waals surface area (Å²) in [7, 11) is -17.0. The zero-order valence-corrected chi connectivity index (χ0v) is 22.3. The zero-order chi connectivity index (χ0) is 29.3. The van der Waals surface area contributed by atoms with E-state index in [1.165, 1.54) is 0 Å². The number of anilines is 1. The fourth-order valence-electron chi connectivity index (χ4n) is 3.39. The lowest BCUT2D eigenvalue weighted by molar-refractivity contribution is -0.156. The molecule has 0 bridgehead atoms. The molecule has 7 N–H and O–H groups in total. The van der Waals surface area contributed by atoms with Gasteiger partial charge in [-0.2, -0.15) is 18.3 Å². The predicted octanol–water partition coefficient (Wildman–Crippen LogP) is -1.55. The first-order valence-corrected chi connectivity index (χ1v) is 14.7. The van der Waals surface area contributed by atoms with Crippen molar-refractivity contribution in [2.75, 3.05) is 18.9 Å². The second-order valence-electron chi connectivity index (χ2n) is 7.65. The number of nitrogen functional groups attached to an aromatic ring is 1. The monoisotopic (exact) mass is 622 g/mol. The van der Waals surface area contributed by atoms with Crippen LogP contribution in [0.5, 0.6) is 0 Å². The van der Waals surface area contributed by atoms with Gasteiger partial charge < -0.3 is 39.5 Å². The first-order chi connectivity index (χ1) is 17.9. The number of carbonyl (C=O) groups excluding carboxylic acids is 2. The number of hydrogen-bond donors (Lipinski definition) is 6. The van der Waals surface area contributed by atoms with Crippen LogP contribution in [0.2, 0.25) is 0 Å². The first kappa shape index (κ1) is 30.9. The van der Waals surface area contributed by atoms with E-state index in [9.17, 15) is 37.9 Å². The normalized spacial score (nSPS) is 24.7. The number of rotatable bonds is 11. The molecule has 3 rings (SSSR count). The standard InChI is InChI=1S/C14H21N6O16P3/c1-5(21)31-3-7-8(4-32-38(27,28)36-39(29,30)35-37(24,25)26)34-13(10(7)33-6(2)22)20-11-9(18-19-20)12(23)17-14(15)16-11/h7-8,10,13H,3-4H2,1-2H3,(H,27,28)(H,29,30)(H2,24,25,26)(H3,15,16,17,23)/t7-,8-,10-,13-/m1/s1. The second kappa shape index (κ2) is 11.5. The van der Waals surface area contributed by atoms with Gasteiger partial charge >= 0.3 is 35.4 Å². The van der Waals surface area contributed by atoms with E-state index in [1.54, 1.807) is 0 Å². The Morgan fingerprint density at radius 3 is 2.33 bits per heavy atom. The zero-order valence-electron chi connectivity index (χ0n) is 19.6. The van der Waals surface area contributed by atoms with Crippen LogP contribution >= 0.6 is 23.5 Å². The van der Waals surface area contributed by atoms with Crippen molar-refractivity contribution < 1.29 is 70.2 Å². The van der Waals surface area contributed by atoms with Crippen LogP contribution < -0.4 is 11.3 Å². The van der Waals surface area contributed by atoms with E-state index >= 15 is 0 Å². The van der Waals surface area contributed by atoms with Gasteiger partial charge in [0.1, 0.15) is 6.61 Å². The molecule has 1 aliphatic heterocycles. The minimum absolute atomic E-state index is 0.224. The average molecular weight is 622 g/mol. The molecule has 0 saturated carbocycles. The number of nitrogens with one attached hydrogen (secondary N) is 1. The molecule has 6 atom stereocenters. The number of hydrogen-bond acceptors (Lipinski definition) is 16. The maximum absolute atomic E-state index is 12.2. The quantitative estimate of drug-likeness (QED) is 0.122. The molecule has 39 heavy (non-hydrogen) atoms. The van der Waals surface area contributed by atoms with E-state index in [0.717, 1.165) is 18.5 Å². The molecule has 0 aromatic carbocycles. The van der Waals surface area contributed by atoms with Crippen LogP contribution in [0.3, 0.4) is 0 Å². The maximum atomic E-state index is 12.2. The molecule has 3 heterocycles. The number of carbonyl (C=O) groups is 2. The Kier molecular flexibility index (Phi) is 9.10. The van der Waals surface area contributed by atoms with Crippen molar-refractivity contribution in [3.05, 3.63) is 10.4 Å². The second-order valence-corrected chi connectivity index (χ2v) is 12.1. The van der Waals surface area contributed by atoms with Gasteiger partial charge in [-0.15, -0.1) is 5.10 Å². The number of esters is 2. The largest absolute Gasteiger partial charge is 0.490 e. The molecule has 0 amide bonds. The fraction of sp³-hybridized carbons (Fsp3) is 0.571. The van der Waals surface area contributed by atoms with Crippen molar-refractivity contribution in [3.63, 3.8) is 0 Å². The predicted molar refractivity (Wildman–Crippen MR) is 120 cm³/mol. The molecule has 25 heteroatoms. The van der Waals surface area contributed by atoms with Crippen LogP contribution in [0.25, 0.3) is 11.2 Å². The Morgan fingerprint density at radius 2 is 1.74 bits per heavy atom. The lowest BCUT2D eigenvalue weighted by atomic mass is 9.99. The van der Waals surface area contributed by atoms with Crippen LogP contribution in [0.4, 0.5) is 5.95 Å². The van der Waals surface area contributed by atoms with Gasteiger partial charge in [0, 0.05) is 13.8 Å². The minimum atomic E-state index is -5.81. The lowest BCUT2D eigenvalue weighted by Crippen LogP contribution is -2.36. The smallest absolute Gasteiger partial charge is 0.465 e. The van der Waals surface area contributed by atoms with Crippen molar-refractivity contribution in [2.45, 2.75) is 32.3 Å². The summed E-state index contributed by atoms with van der Waals surface area (Å²) in [5.74, 6) is -3.14. The molecule has 2 unspecified atom stereocenters. The minimum Gasteiger partial charge on any atom is -0.465 e. The van der Waals surface area contributed by atoms with Gasteiger partial charge in [-0.1, -0.05) is 5.21 Å². The van der Waals surface area contributed by atoms with Crippen LogP contribution in [-0.4, -0.2) is 81.9 Å². The Hall–Kier alpha value is -2.61. The van der Waals surface area contributed by atoms with Crippen LogP contribution in [0.15, 0.2) is 4.79 Å². The summed E-state index contributed by atoms with van der Waals surface area (Å²) in [6.45, 7) is 0.558.